The molecule has 0 aliphatic heterocycles. The van der Waals surface area contributed by atoms with Crippen LogP contribution in [0.5, 0.6) is 0 Å². The second kappa shape index (κ2) is 8.70. The summed E-state index contributed by atoms with van der Waals surface area (Å²) in [6, 6.07) is 3.50. The van der Waals surface area contributed by atoms with Crippen molar-refractivity contribution in [3.63, 3.8) is 0 Å². The van der Waals surface area contributed by atoms with Gasteiger partial charge in [0.2, 0.25) is 5.91 Å². The summed E-state index contributed by atoms with van der Waals surface area (Å²) in [5.41, 5.74) is 1.80. The summed E-state index contributed by atoms with van der Waals surface area (Å²) in [7, 11) is 0. The normalized spacial score (nSPS) is 10.9. The first-order valence-corrected chi connectivity index (χ1v) is 8.96. The number of carbonyl (C=O) groups is 3. The first kappa shape index (κ1) is 20.5. The summed E-state index contributed by atoms with van der Waals surface area (Å²) < 4.78 is 10.3. The van der Waals surface area contributed by atoms with Gasteiger partial charge in [0, 0.05) is 17.2 Å². The fourth-order valence-electron chi connectivity index (χ4n) is 3.00. The summed E-state index contributed by atoms with van der Waals surface area (Å²) in [6.07, 6.45) is 1.53. The number of carbonyl (C=O) groups excluding carboxylic acids is 3. The van der Waals surface area contributed by atoms with Crippen LogP contribution in [0.2, 0.25) is 0 Å². The molecule has 2 aromatic heterocycles. The van der Waals surface area contributed by atoms with E-state index >= 15 is 0 Å². The molecule has 1 N–H and O–H groups in total. The van der Waals surface area contributed by atoms with Crippen LogP contribution in [0, 0.1) is 19.8 Å². The number of nitrogens with one attached hydrogen (secondary N) is 1. The molecule has 27 heavy (non-hydrogen) atoms. The molecule has 0 aliphatic rings. The van der Waals surface area contributed by atoms with Gasteiger partial charge in [-0.05, 0) is 38.5 Å². The first-order valence-electron chi connectivity index (χ1n) is 8.96. The van der Waals surface area contributed by atoms with Crippen LogP contribution in [0.3, 0.4) is 0 Å². The molecular formula is C20H26N2O5. The minimum atomic E-state index is -0.497. The predicted molar refractivity (Wildman–Crippen MR) is 99.5 cm³/mol. The topological polar surface area (TPSA) is 92.6 Å². The van der Waals surface area contributed by atoms with Crippen LogP contribution in [0.4, 0.5) is 0 Å². The van der Waals surface area contributed by atoms with Gasteiger partial charge in [-0.25, -0.2) is 4.79 Å². The Kier molecular flexibility index (Phi) is 6.60. The second-order valence-corrected chi connectivity index (χ2v) is 6.70. The van der Waals surface area contributed by atoms with E-state index in [1.165, 1.54) is 11.2 Å². The van der Waals surface area contributed by atoms with E-state index in [1.807, 2.05) is 0 Å². The lowest BCUT2D eigenvalue weighted by Crippen LogP contribution is -2.38. The molecule has 7 heteroatoms. The first-order chi connectivity index (χ1) is 12.8. The summed E-state index contributed by atoms with van der Waals surface area (Å²) in [5, 5.41) is 0. The number of furan rings is 1. The van der Waals surface area contributed by atoms with Crippen molar-refractivity contribution < 1.29 is 23.5 Å². The number of hydrogen-bond donors (Lipinski definition) is 1. The molecule has 1 amide bonds. The predicted octanol–water partition coefficient (Wildman–Crippen LogP) is 3.27. The second-order valence-electron chi connectivity index (χ2n) is 6.70. The molecule has 0 aliphatic carbocycles. The number of aryl methyl sites for hydroxylation is 1. The molecule has 0 aromatic carbocycles. The highest BCUT2D eigenvalue weighted by atomic mass is 16.5. The third-order valence-corrected chi connectivity index (χ3v) is 4.26. The molecule has 0 saturated carbocycles. The number of aromatic nitrogens is 1. The number of amides is 1. The molecule has 0 spiro atoms. The van der Waals surface area contributed by atoms with Crippen molar-refractivity contribution in [3.05, 3.63) is 46.7 Å². The van der Waals surface area contributed by atoms with Crippen molar-refractivity contribution in [2.45, 2.75) is 41.2 Å². The van der Waals surface area contributed by atoms with Crippen molar-refractivity contribution >= 4 is 17.7 Å². The zero-order chi connectivity index (χ0) is 20.1. The molecule has 0 atom stereocenters. The molecule has 146 valence electrons. The molecule has 0 unspecified atom stereocenters. The SMILES string of the molecule is CCOC(=O)c1[nH]c(C)c(C(=O)CN(Cc2ccco2)C(=O)C(C)C)c1C. The van der Waals surface area contributed by atoms with Crippen molar-refractivity contribution in [2.75, 3.05) is 13.2 Å². The molecule has 0 saturated heterocycles. The van der Waals surface area contributed by atoms with Crippen LogP contribution in [0.25, 0.3) is 0 Å². The minimum Gasteiger partial charge on any atom is -0.467 e. The summed E-state index contributed by atoms with van der Waals surface area (Å²) >= 11 is 0. The van der Waals surface area contributed by atoms with E-state index in [-0.39, 0.29) is 43.0 Å². The van der Waals surface area contributed by atoms with Crippen molar-refractivity contribution in [3.8, 4) is 0 Å². The highest BCUT2D eigenvalue weighted by Gasteiger charge is 2.26. The maximum atomic E-state index is 12.9. The van der Waals surface area contributed by atoms with Crippen LogP contribution in [-0.4, -0.2) is 40.7 Å². The molecule has 0 fully saturated rings. The highest BCUT2D eigenvalue weighted by molar-refractivity contribution is 6.04. The maximum Gasteiger partial charge on any atom is 0.355 e. The van der Waals surface area contributed by atoms with E-state index in [4.69, 9.17) is 9.15 Å². The van der Waals surface area contributed by atoms with Crippen molar-refractivity contribution in [2.24, 2.45) is 5.92 Å². The highest BCUT2D eigenvalue weighted by Crippen LogP contribution is 2.21. The molecule has 7 nitrogen and oxygen atoms in total. The van der Waals surface area contributed by atoms with E-state index in [9.17, 15) is 14.4 Å². The summed E-state index contributed by atoms with van der Waals surface area (Å²) in [6.45, 7) is 9.08. The number of nitrogens with zero attached hydrogens (tertiary/aromatic N) is 1. The van der Waals surface area contributed by atoms with Crippen LogP contribution < -0.4 is 0 Å². The van der Waals surface area contributed by atoms with E-state index in [0.717, 1.165) is 0 Å². The van der Waals surface area contributed by atoms with Gasteiger partial charge in [-0.1, -0.05) is 13.8 Å². The number of H-pyrrole nitrogens is 1. The van der Waals surface area contributed by atoms with Gasteiger partial charge in [0.05, 0.1) is 26.0 Å². The van der Waals surface area contributed by atoms with Gasteiger partial charge in [-0.2, -0.15) is 0 Å². The molecule has 2 rings (SSSR count). The molecule has 0 radical (unpaired) electrons. The lowest BCUT2D eigenvalue weighted by atomic mass is 10.0. The molecular weight excluding hydrogens is 348 g/mol. The van der Waals surface area contributed by atoms with Crippen LogP contribution in [0.15, 0.2) is 22.8 Å². The Morgan fingerprint density at radius 2 is 1.96 bits per heavy atom. The number of Topliss-reactive ketones (excluding diaryl/α,β-unsaturated/α-hetero) is 1. The average Bonchev–Trinajstić information content (AvgIpc) is 3.21. The lowest BCUT2D eigenvalue weighted by molar-refractivity contribution is -0.134. The van der Waals surface area contributed by atoms with Crippen molar-refractivity contribution in [1.82, 2.24) is 9.88 Å². The van der Waals surface area contributed by atoms with Gasteiger partial charge < -0.3 is 19.0 Å². The van der Waals surface area contributed by atoms with Crippen LogP contribution in [-0.2, 0) is 16.1 Å². The standard InChI is InChI=1S/C20H26N2O5/c1-6-26-20(25)18-13(4)17(14(5)21-18)16(23)11-22(19(24)12(2)3)10-15-8-7-9-27-15/h7-9,12,21H,6,10-11H2,1-5H3. The number of rotatable bonds is 8. The fraction of sp³-hybridized carbons (Fsp3) is 0.450. The summed E-state index contributed by atoms with van der Waals surface area (Å²) in [4.78, 5) is 42.0. The fourth-order valence-corrected chi connectivity index (χ4v) is 3.00. The Morgan fingerprint density at radius 3 is 2.52 bits per heavy atom. The van der Waals surface area contributed by atoms with Gasteiger partial charge in [0.1, 0.15) is 11.5 Å². The van der Waals surface area contributed by atoms with Gasteiger partial charge in [-0.15, -0.1) is 0 Å². The number of ketones is 1. The minimum absolute atomic E-state index is 0.0977. The van der Waals surface area contributed by atoms with E-state index in [0.29, 0.717) is 22.6 Å². The molecule has 2 heterocycles. The van der Waals surface area contributed by atoms with Gasteiger partial charge in [-0.3, -0.25) is 9.59 Å². The monoisotopic (exact) mass is 374 g/mol. The number of esters is 1. The lowest BCUT2D eigenvalue weighted by Gasteiger charge is -2.23. The van der Waals surface area contributed by atoms with E-state index in [2.05, 4.69) is 4.98 Å². The maximum absolute atomic E-state index is 12.9. The van der Waals surface area contributed by atoms with Crippen LogP contribution in [0.1, 0.15) is 58.6 Å². The zero-order valence-electron chi connectivity index (χ0n) is 16.4. The quantitative estimate of drug-likeness (QED) is 0.565. The van der Waals surface area contributed by atoms with Crippen molar-refractivity contribution in [1.29, 1.82) is 0 Å². The Morgan fingerprint density at radius 1 is 1.26 bits per heavy atom. The average molecular weight is 374 g/mol. The van der Waals surface area contributed by atoms with E-state index in [1.54, 1.807) is 46.8 Å². The molecule has 2 aromatic rings. The number of ether oxygens (including phenoxy) is 1. The van der Waals surface area contributed by atoms with E-state index < -0.39 is 5.97 Å². The zero-order valence-corrected chi connectivity index (χ0v) is 16.4. The number of aromatic amines is 1. The Hall–Kier alpha value is -2.83. The third kappa shape index (κ3) is 4.67. The van der Waals surface area contributed by atoms with Crippen LogP contribution >= 0.6 is 0 Å². The largest absolute Gasteiger partial charge is 0.467 e. The Labute approximate surface area is 158 Å². The smallest absolute Gasteiger partial charge is 0.355 e. The van der Waals surface area contributed by atoms with Gasteiger partial charge in [0.25, 0.3) is 0 Å². The number of hydrogen-bond acceptors (Lipinski definition) is 5. The third-order valence-electron chi connectivity index (χ3n) is 4.26. The Bertz CT molecular complexity index is 818. The van der Waals surface area contributed by atoms with Gasteiger partial charge >= 0.3 is 5.97 Å². The van der Waals surface area contributed by atoms with Gasteiger partial charge in [0.15, 0.2) is 5.78 Å². The summed E-state index contributed by atoms with van der Waals surface area (Å²) in [5.74, 6) is -0.529. The molecule has 0 bridgehead atoms. The Balaban J connectivity index is 2.26.